The van der Waals surface area contributed by atoms with Gasteiger partial charge < -0.3 is 20.3 Å². The SMILES string of the molecule is COC(=O)N[C@@H](C)CNC(=O)c1cnc2ccc(N3CCC[C@@H]3c3cccc(F)c3)nn12. The lowest BCUT2D eigenvalue weighted by Crippen LogP contribution is -2.42. The van der Waals surface area contributed by atoms with Gasteiger partial charge in [0.25, 0.3) is 5.91 Å². The van der Waals surface area contributed by atoms with Gasteiger partial charge in [-0.1, -0.05) is 12.1 Å². The standard InChI is InChI=1S/C22H25FN6O3/c1-14(26-22(31)32-2)12-25-21(30)18-13-24-19-8-9-20(27-29(18)19)28-10-4-7-17(28)15-5-3-6-16(23)11-15/h3,5-6,8-9,11,13-14,17H,4,7,10,12H2,1-2H3,(H,25,30)(H,26,31)/t14-,17+/m0/s1. The first kappa shape index (κ1) is 21.5. The van der Waals surface area contributed by atoms with Crippen LogP contribution in [0.3, 0.4) is 0 Å². The quantitative estimate of drug-likeness (QED) is 0.611. The monoisotopic (exact) mass is 440 g/mol. The number of halogens is 1. The van der Waals surface area contributed by atoms with Crippen LogP contribution in [0.4, 0.5) is 15.0 Å². The molecule has 1 aromatic carbocycles. The fourth-order valence-corrected chi connectivity index (χ4v) is 3.92. The minimum absolute atomic E-state index is 0.0155. The van der Waals surface area contributed by atoms with Gasteiger partial charge in [0.1, 0.15) is 11.6 Å². The number of rotatable bonds is 6. The molecular formula is C22H25FN6O3. The predicted octanol–water partition coefficient (Wildman–Crippen LogP) is 2.68. The molecule has 3 aromatic rings. The van der Waals surface area contributed by atoms with Gasteiger partial charge in [0.2, 0.25) is 0 Å². The van der Waals surface area contributed by atoms with Crippen LogP contribution in [0.25, 0.3) is 5.65 Å². The van der Waals surface area contributed by atoms with Crippen molar-refractivity contribution in [2.45, 2.75) is 31.8 Å². The summed E-state index contributed by atoms with van der Waals surface area (Å²) < 4.78 is 19.8. The molecule has 168 valence electrons. The van der Waals surface area contributed by atoms with Crippen LogP contribution in [0.5, 0.6) is 0 Å². The smallest absolute Gasteiger partial charge is 0.407 e. The number of anilines is 1. The fraction of sp³-hybridized carbons (Fsp3) is 0.364. The van der Waals surface area contributed by atoms with Crippen molar-refractivity contribution in [2.75, 3.05) is 25.1 Å². The second-order valence-electron chi connectivity index (χ2n) is 7.76. The Morgan fingerprint density at radius 3 is 2.94 bits per heavy atom. The highest BCUT2D eigenvalue weighted by molar-refractivity contribution is 5.93. The van der Waals surface area contributed by atoms with E-state index in [1.165, 1.54) is 23.9 Å². The van der Waals surface area contributed by atoms with Crippen molar-refractivity contribution >= 4 is 23.5 Å². The molecule has 2 N–H and O–H groups in total. The maximum Gasteiger partial charge on any atom is 0.407 e. The second-order valence-corrected chi connectivity index (χ2v) is 7.76. The molecule has 0 aliphatic carbocycles. The third-order valence-electron chi connectivity index (χ3n) is 5.48. The van der Waals surface area contributed by atoms with E-state index >= 15 is 0 Å². The number of amides is 2. The average Bonchev–Trinajstić information content (AvgIpc) is 3.44. The van der Waals surface area contributed by atoms with E-state index < -0.39 is 6.09 Å². The number of nitrogens with zero attached hydrogens (tertiary/aromatic N) is 4. The molecule has 1 aliphatic rings. The van der Waals surface area contributed by atoms with Gasteiger partial charge in [-0.3, -0.25) is 4.79 Å². The first-order chi connectivity index (χ1) is 15.5. The maximum absolute atomic E-state index is 13.8. The lowest BCUT2D eigenvalue weighted by Gasteiger charge is -2.26. The van der Waals surface area contributed by atoms with Crippen LogP contribution in [0.15, 0.2) is 42.6 Å². The Labute approximate surface area is 184 Å². The number of carbonyl (C=O) groups is 2. The third-order valence-corrected chi connectivity index (χ3v) is 5.48. The van der Waals surface area contributed by atoms with Gasteiger partial charge in [0, 0.05) is 19.1 Å². The Morgan fingerprint density at radius 1 is 1.31 bits per heavy atom. The number of fused-ring (bicyclic) bond motifs is 1. The lowest BCUT2D eigenvalue weighted by atomic mass is 10.0. The molecule has 2 amide bonds. The van der Waals surface area contributed by atoms with Crippen LogP contribution in [0.2, 0.25) is 0 Å². The molecule has 1 fully saturated rings. The van der Waals surface area contributed by atoms with Gasteiger partial charge in [-0.2, -0.15) is 0 Å². The van der Waals surface area contributed by atoms with E-state index in [0.29, 0.717) is 11.5 Å². The van der Waals surface area contributed by atoms with Gasteiger partial charge in [-0.25, -0.2) is 18.7 Å². The number of alkyl carbamates (subject to hydrolysis) is 1. The number of hydrogen-bond acceptors (Lipinski definition) is 6. The first-order valence-electron chi connectivity index (χ1n) is 10.5. The molecule has 10 heteroatoms. The molecule has 2 aromatic heterocycles. The minimum atomic E-state index is -0.564. The van der Waals surface area contributed by atoms with Crippen LogP contribution >= 0.6 is 0 Å². The number of methoxy groups -OCH3 is 1. The van der Waals surface area contributed by atoms with E-state index in [9.17, 15) is 14.0 Å². The molecule has 1 aliphatic heterocycles. The summed E-state index contributed by atoms with van der Waals surface area (Å²) in [5, 5.41) is 10.0. The lowest BCUT2D eigenvalue weighted by molar-refractivity contribution is 0.0941. The summed E-state index contributed by atoms with van der Waals surface area (Å²) >= 11 is 0. The number of imidazole rings is 1. The van der Waals surface area contributed by atoms with Gasteiger partial charge in [-0.05, 0) is 49.6 Å². The van der Waals surface area contributed by atoms with Gasteiger partial charge in [0.05, 0.1) is 19.3 Å². The number of nitrogens with one attached hydrogen (secondary N) is 2. The van der Waals surface area contributed by atoms with E-state index in [-0.39, 0.29) is 36.0 Å². The molecule has 0 spiro atoms. The Bertz CT molecular complexity index is 1130. The molecule has 1 saturated heterocycles. The van der Waals surface area contributed by atoms with E-state index in [1.807, 2.05) is 18.2 Å². The molecule has 32 heavy (non-hydrogen) atoms. The summed E-state index contributed by atoms with van der Waals surface area (Å²) in [4.78, 5) is 30.4. The number of hydrogen-bond donors (Lipinski definition) is 2. The van der Waals surface area contributed by atoms with Crippen LogP contribution < -0.4 is 15.5 Å². The number of carbonyl (C=O) groups excluding carboxylic acids is 2. The van der Waals surface area contributed by atoms with Gasteiger partial charge >= 0.3 is 6.09 Å². The van der Waals surface area contributed by atoms with Crippen LogP contribution in [-0.4, -0.2) is 52.8 Å². The first-order valence-corrected chi connectivity index (χ1v) is 10.5. The summed E-state index contributed by atoms with van der Waals surface area (Å²) in [6.45, 7) is 2.75. The summed E-state index contributed by atoms with van der Waals surface area (Å²) in [6.07, 6.45) is 2.76. The van der Waals surface area contributed by atoms with Crippen LogP contribution in [-0.2, 0) is 4.74 Å². The highest BCUT2D eigenvalue weighted by atomic mass is 19.1. The van der Waals surface area contributed by atoms with E-state index in [0.717, 1.165) is 24.9 Å². The molecular weight excluding hydrogens is 415 g/mol. The van der Waals surface area contributed by atoms with Crippen molar-refractivity contribution in [3.8, 4) is 0 Å². The van der Waals surface area contributed by atoms with Crippen molar-refractivity contribution in [3.63, 3.8) is 0 Å². The summed E-state index contributed by atoms with van der Waals surface area (Å²) in [5.74, 6) is 0.0723. The predicted molar refractivity (Wildman–Crippen MR) is 116 cm³/mol. The summed E-state index contributed by atoms with van der Waals surface area (Å²) in [7, 11) is 1.28. The maximum atomic E-state index is 13.8. The van der Waals surface area contributed by atoms with Gasteiger partial charge in [-0.15, -0.1) is 5.10 Å². The summed E-state index contributed by atoms with van der Waals surface area (Å²) in [6, 6.07) is 10.0. The number of ether oxygens (including phenoxy) is 1. The molecule has 2 atom stereocenters. The van der Waals surface area contributed by atoms with Crippen molar-refractivity contribution in [3.05, 3.63) is 59.7 Å². The Kier molecular flexibility index (Phi) is 6.20. The molecule has 9 nitrogen and oxygen atoms in total. The average molecular weight is 440 g/mol. The van der Waals surface area contributed by atoms with Gasteiger partial charge in [0.15, 0.2) is 11.3 Å². The highest BCUT2D eigenvalue weighted by Gasteiger charge is 2.28. The van der Waals surface area contributed by atoms with Crippen molar-refractivity contribution in [1.82, 2.24) is 25.2 Å². The van der Waals surface area contributed by atoms with E-state index in [4.69, 9.17) is 0 Å². The van der Waals surface area contributed by atoms with Crippen molar-refractivity contribution in [1.29, 1.82) is 0 Å². The highest BCUT2D eigenvalue weighted by Crippen LogP contribution is 2.35. The van der Waals surface area contributed by atoms with E-state index in [1.54, 1.807) is 19.1 Å². The Hall–Kier alpha value is -3.69. The number of benzene rings is 1. The second kappa shape index (κ2) is 9.21. The molecule has 4 rings (SSSR count). The molecule has 0 bridgehead atoms. The van der Waals surface area contributed by atoms with Crippen LogP contribution in [0, 0.1) is 5.82 Å². The fourth-order valence-electron chi connectivity index (χ4n) is 3.92. The Morgan fingerprint density at radius 2 is 2.16 bits per heavy atom. The third kappa shape index (κ3) is 4.48. The molecule has 0 saturated carbocycles. The van der Waals surface area contributed by atoms with E-state index in [2.05, 4.69) is 30.4 Å². The molecule has 0 radical (unpaired) electrons. The largest absolute Gasteiger partial charge is 0.453 e. The molecule has 3 heterocycles. The molecule has 0 unspecified atom stereocenters. The van der Waals surface area contributed by atoms with Crippen molar-refractivity contribution in [2.24, 2.45) is 0 Å². The Balaban J connectivity index is 1.53. The topological polar surface area (TPSA) is 101 Å². The number of aromatic nitrogens is 3. The van der Waals surface area contributed by atoms with Crippen LogP contribution in [0.1, 0.15) is 41.9 Å². The summed E-state index contributed by atoms with van der Waals surface area (Å²) in [5.41, 5.74) is 1.73. The zero-order valence-corrected chi connectivity index (χ0v) is 17.9. The normalized spacial score (nSPS) is 16.7. The van der Waals surface area contributed by atoms with Crippen molar-refractivity contribution < 1.29 is 18.7 Å². The minimum Gasteiger partial charge on any atom is -0.453 e. The zero-order valence-electron chi connectivity index (χ0n) is 17.9. The zero-order chi connectivity index (χ0) is 22.7.